The Labute approximate surface area is 148 Å². The van der Waals surface area contributed by atoms with Crippen molar-refractivity contribution >= 4 is 15.8 Å². The summed E-state index contributed by atoms with van der Waals surface area (Å²) < 4.78 is 26.2. The minimum atomic E-state index is -3.36. The molecule has 136 valence electrons. The predicted molar refractivity (Wildman–Crippen MR) is 95.2 cm³/mol. The first-order valence-corrected chi connectivity index (χ1v) is 10.4. The van der Waals surface area contributed by atoms with E-state index in [1.54, 1.807) is 12.5 Å². The van der Waals surface area contributed by atoms with Gasteiger partial charge in [-0.2, -0.15) is 0 Å². The molecule has 0 spiro atoms. The number of aromatic nitrogens is 4. The lowest BCUT2D eigenvalue weighted by atomic mass is 9.96. The van der Waals surface area contributed by atoms with Gasteiger partial charge in [-0.25, -0.2) is 23.4 Å². The molecule has 8 nitrogen and oxygen atoms in total. The number of nitrogens with zero attached hydrogens (tertiary/aromatic N) is 4. The second-order valence-electron chi connectivity index (χ2n) is 6.28. The molecule has 3 rings (SSSR count). The van der Waals surface area contributed by atoms with Gasteiger partial charge < -0.3 is 15.2 Å². The van der Waals surface area contributed by atoms with E-state index in [2.05, 4.69) is 32.5 Å². The van der Waals surface area contributed by atoms with Crippen molar-refractivity contribution in [3.63, 3.8) is 0 Å². The maximum Gasteiger partial charge on any atom is 0.223 e. The van der Waals surface area contributed by atoms with Crippen molar-refractivity contribution in [2.75, 3.05) is 24.7 Å². The van der Waals surface area contributed by atoms with Gasteiger partial charge in [0.2, 0.25) is 5.95 Å². The zero-order chi connectivity index (χ0) is 17.9. The third-order valence-corrected chi connectivity index (χ3v) is 5.55. The Balaban J connectivity index is 1.85. The molecule has 9 heteroatoms. The zero-order valence-corrected chi connectivity index (χ0v) is 15.4. The number of hydrogen-bond acceptors (Lipinski definition) is 7. The summed E-state index contributed by atoms with van der Waals surface area (Å²) in [6, 6.07) is 0. The van der Waals surface area contributed by atoms with E-state index in [0.717, 1.165) is 38.2 Å². The highest BCUT2D eigenvalue weighted by Gasteiger charge is 2.25. The van der Waals surface area contributed by atoms with Crippen molar-refractivity contribution < 1.29 is 8.42 Å². The maximum atomic E-state index is 12.1. The van der Waals surface area contributed by atoms with Crippen LogP contribution in [0.4, 0.5) is 5.95 Å². The number of nitrogens with one attached hydrogen (secondary N) is 2. The second-order valence-corrected chi connectivity index (χ2v) is 8.27. The molecule has 0 radical (unpaired) electrons. The average Bonchev–Trinajstić information content (AvgIpc) is 3.07. The topological polar surface area (TPSA) is 102 Å². The summed E-state index contributed by atoms with van der Waals surface area (Å²) >= 11 is 0. The molecule has 1 saturated heterocycles. The Morgan fingerprint density at radius 3 is 2.92 bits per heavy atom. The summed E-state index contributed by atoms with van der Waals surface area (Å²) in [4.78, 5) is 13.1. The number of anilines is 1. The number of aryl methyl sites for hydroxylation is 1. The molecular formula is C16H24N6O2S. The molecule has 3 heterocycles. The highest BCUT2D eigenvalue weighted by atomic mass is 32.2. The molecule has 2 N–H and O–H groups in total. The van der Waals surface area contributed by atoms with E-state index in [1.807, 2.05) is 4.57 Å². The van der Waals surface area contributed by atoms with Gasteiger partial charge in [-0.1, -0.05) is 0 Å². The van der Waals surface area contributed by atoms with Gasteiger partial charge in [0, 0.05) is 31.5 Å². The van der Waals surface area contributed by atoms with Crippen molar-refractivity contribution in [3.05, 3.63) is 30.1 Å². The lowest BCUT2D eigenvalue weighted by Gasteiger charge is -2.24. The van der Waals surface area contributed by atoms with Crippen LogP contribution in [0.15, 0.2) is 23.6 Å². The Morgan fingerprint density at radius 1 is 1.40 bits per heavy atom. The summed E-state index contributed by atoms with van der Waals surface area (Å²) in [5.41, 5.74) is 1.63. The number of rotatable bonds is 6. The van der Waals surface area contributed by atoms with Gasteiger partial charge in [0.25, 0.3) is 0 Å². The van der Waals surface area contributed by atoms with E-state index < -0.39 is 9.84 Å². The molecule has 1 aliphatic rings. The molecular weight excluding hydrogens is 340 g/mol. The molecule has 0 amide bonds. The van der Waals surface area contributed by atoms with Crippen molar-refractivity contribution in [1.82, 2.24) is 24.8 Å². The number of sulfone groups is 1. The van der Waals surface area contributed by atoms with Crippen molar-refractivity contribution in [2.24, 2.45) is 0 Å². The Bertz CT molecular complexity index is 827. The molecule has 1 atom stereocenters. The molecule has 2 aromatic rings. The van der Waals surface area contributed by atoms with E-state index in [-0.39, 0.29) is 10.8 Å². The van der Waals surface area contributed by atoms with Crippen LogP contribution in [0.25, 0.3) is 0 Å². The van der Waals surface area contributed by atoms with Gasteiger partial charge in [0.05, 0.1) is 30.5 Å². The monoisotopic (exact) mass is 364 g/mol. The van der Waals surface area contributed by atoms with Gasteiger partial charge in [0.15, 0.2) is 9.84 Å². The van der Waals surface area contributed by atoms with Crippen LogP contribution in [0.2, 0.25) is 0 Å². The molecule has 25 heavy (non-hydrogen) atoms. The van der Waals surface area contributed by atoms with Crippen LogP contribution in [0, 0.1) is 0 Å². The third-order valence-electron chi connectivity index (χ3n) is 4.43. The van der Waals surface area contributed by atoms with Crippen LogP contribution in [-0.2, 0) is 22.9 Å². The summed E-state index contributed by atoms with van der Waals surface area (Å²) in [5.74, 6) is 0.528. The van der Waals surface area contributed by atoms with E-state index >= 15 is 0 Å². The van der Waals surface area contributed by atoms with Gasteiger partial charge in [-0.15, -0.1) is 0 Å². The first kappa shape index (κ1) is 17.8. The first-order chi connectivity index (χ1) is 12.0. The molecule has 0 bridgehead atoms. The fourth-order valence-electron chi connectivity index (χ4n) is 3.08. The zero-order valence-electron chi connectivity index (χ0n) is 14.6. The van der Waals surface area contributed by atoms with Crippen molar-refractivity contribution in [3.8, 4) is 0 Å². The minimum Gasteiger partial charge on any atom is -0.349 e. The molecule has 0 saturated carbocycles. The summed E-state index contributed by atoms with van der Waals surface area (Å²) in [6.45, 7) is 5.12. The predicted octanol–water partition coefficient (Wildman–Crippen LogP) is 1.18. The number of imidazole rings is 1. The molecule has 0 aromatic carbocycles. The van der Waals surface area contributed by atoms with Crippen molar-refractivity contribution in [1.29, 1.82) is 0 Å². The van der Waals surface area contributed by atoms with Crippen LogP contribution in [0.1, 0.15) is 37.1 Å². The van der Waals surface area contributed by atoms with Crippen LogP contribution in [0.3, 0.4) is 0 Å². The minimum absolute atomic E-state index is 0.0863. The normalized spacial score (nSPS) is 18.2. The van der Waals surface area contributed by atoms with Gasteiger partial charge in [-0.3, -0.25) is 0 Å². The standard InChI is InChI=1S/C16H24N6O2S/c1-3-22-11-18-8-13(22)9-19-16-20-10-14(25(2,23)24)15(21-16)12-5-4-6-17-7-12/h8,10-12,17H,3-7,9H2,1-2H3,(H,19,20,21)/t12-/m0/s1. The number of piperidine rings is 1. The lowest BCUT2D eigenvalue weighted by molar-refractivity contribution is 0.448. The van der Waals surface area contributed by atoms with Crippen LogP contribution >= 0.6 is 0 Å². The van der Waals surface area contributed by atoms with E-state index in [0.29, 0.717) is 18.2 Å². The summed E-state index contributed by atoms with van der Waals surface area (Å²) in [6.07, 6.45) is 8.14. The molecule has 1 aliphatic heterocycles. The Kier molecular flexibility index (Phi) is 5.33. The SMILES string of the molecule is CCn1cncc1CNc1ncc(S(C)(=O)=O)c([C@H]2CCCNC2)n1. The van der Waals surface area contributed by atoms with Crippen LogP contribution in [-0.4, -0.2) is 47.3 Å². The van der Waals surface area contributed by atoms with E-state index in [1.165, 1.54) is 12.5 Å². The fourth-order valence-corrected chi connectivity index (χ4v) is 3.92. The second kappa shape index (κ2) is 7.49. The van der Waals surface area contributed by atoms with E-state index in [4.69, 9.17) is 0 Å². The van der Waals surface area contributed by atoms with Crippen molar-refractivity contribution in [2.45, 2.75) is 43.7 Å². The molecule has 2 aromatic heterocycles. The first-order valence-electron chi connectivity index (χ1n) is 8.49. The largest absolute Gasteiger partial charge is 0.349 e. The Hall–Kier alpha value is -2.00. The molecule has 0 unspecified atom stereocenters. The fraction of sp³-hybridized carbons (Fsp3) is 0.562. The third kappa shape index (κ3) is 4.16. The molecule has 1 fully saturated rings. The van der Waals surface area contributed by atoms with Crippen LogP contribution in [0.5, 0.6) is 0 Å². The maximum absolute atomic E-state index is 12.1. The Morgan fingerprint density at radius 2 is 2.24 bits per heavy atom. The number of hydrogen-bond donors (Lipinski definition) is 2. The van der Waals surface area contributed by atoms with E-state index in [9.17, 15) is 8.42 Å². The van der Waals surface area contributed by atoms with Gasteiger partial charge in [0.1, 0.15) is 4.90 Å². The van der Waals surface area contributed by atoms with Crippen LogP contribution < -0.4 is 10.6 Å². The van der Waals surface area contributed by atoms with Gasteiger partial charge >= 0.3 is 0 Å². The smallest absolute Gasteiger partial charge is 0.223 e. The quantitative estimate of drug-likeness (QED) is 0.793. The summed E-state index contributed by atoms with van der Waals surface area (Å²) in [7, 11) is -3.36. The lowest BCUT2D eigenvalue weighted by Crippen LogP contribution is -2.30. The highest BCUT2D eigenvalue weighted by Crippen LogP contribution is 2.28. The molecule has 0 aliphatic carbocycles. The highest BCUT2D eigenvalue weighted by molar-refractivity contribution is 7.90. The average molecular weight is 364 g/mol. The summed E-state index contributed by atoms with van der Waals surface area (Å²) in [5, 5.41) is 6.50. The van der Waals surface area contributed by atoms with Gasteiger partial charge in [-0.05, 0) is 26.3 Å².